The van der Waals surface area contributed by atoms with E-state index in [0.717, 1.165) is 44.9 Å². The average Bonchev–Trinajstić information content (AvgIpc) is 3.36. The normalized spacial score (nSPS) is 25.0. The van der Waals surface area contributed by atoms with Gasteiger partial charge < -0.3 is 64.2 Å². The van der Waals surface area contributed by atoms with Crippen molar-refractivity contribution in [1.82, 2.24) is 0 Å². The van der Waals surface area contributed by atoms with Crippen LogP contribution in [-0.4, -0.2) is 142 Å². The van der Waals surface area contributed by atoms with Gasteiger partial charge >= 0.3 is 11.9 Å². The molecule has 0 aromatic heterocycles. The van der Waals surface area contributed by atoms with Crippen molar-refractivity contribution in [1.29, 1.82) is 0 Å². The summed E-state index contributed by atoms with van der Waals surface area (Å²) in [5, 5.41) is 72.2. The fourth-order valence-corrected chi connectivity index (χ4v) is 9.44. The Labute approximate surface area is 429 Å². The predicted octanol–water partition coefficient (Wildman–Crippen LogP) is 9.33. The molecule has 7 N–H and O–H groups in total. The van der Waals surface area contributed by atoms with Gasteiger partial charge in [0.15, 0.2) is 18.7 Å². The molecule has 0 aromatic rings. The number of unbranched alkanes of at least 4 members (excludes halogenated alkanes) is 32. The van der Waals surface area contributed by atoms with Gasteiger partial charge in [0.2, 0.25) is 0 Å². The molecule has 0 radical (unpaired) electrons. The predicted molar refractivity (Wildman–Crippen MR) is 275 cm³/mol. The molecule has 0 amide bonds. The monoisotopic (exact) mass is 1020 g/mol. The Balaban J connectivity index is 1.74. The summed E-state index contributed by atoms with van der Waals surface area (Å²) in [5.74, 6) is -0.912. The summed E-state index contributed by atoms with van der Waals surface area (Å²) < 4.78 is 33.7. The van der Waals surface area contributed by atoms with Crippen molar-refractivity contribution >= 4 is 11.9 Å². The van der Waals surface area contributed by atoms with Crippen molar-refractivity contribution in [3.05, 3.63) is 12.7 Å². The highest BCUT2D eigenvalue weighted by molar-refractivity contribution is 5.70. The number of rotatable bonds is 47. The Hall–Kier alpha value is -1.76. The Morgan fingerprint density at radius 2 is 0.831 bits per heavy atom. The van der Waals surface area contributed by atoms with Gasteiger partial charge in [0, 0.05) is 12.8 Å². The second-order valence-electron chi connectivity index (χ2n) is 20.6. The van der Waals surface area contributed by atoms with Gasteiger partial charge in [0.25, 0.3) is 0 Å². The van der Waals surface area contributed by atoms with Gasteiger partial charge in [-0.15, -0.1) is 6.58 Å². The van der Waals surface area contributed by atoms with Crippen LogP contribution in [0, 0.1) is 0 Å². The standard InChI is InChI=1S/C56H104O15/c1-3-5-7-9-11-13-15-17-19-20-21-22-23-25-26-28-30-32-34-36-38-47(58)66-41-44(69-48(59)39-37-35-33-31-29-27-24-18-16-14-12-10-8-6-4-2)42-67-55-54(65)52(63)50(61)46(71-55)43-68-56-53(64)51(62)49(60)45(40-57)70-56/h4,44-46,49-57,60-65H,2-3,5-43H2,1H3/t44-,45+,46+,49-,50-,51?,52?,53?,54?,55+,56+/m0/s1. The summed E-state index contributed by atoms with van der Waals surface area (Å²) in [7, 11) is 0. The largest absolute Gasteiger partial charge is 0.462 e. The maximum atomic E-state index is 13.0. The lowest BCUT2D eigenvalue weighted by Crippen LogP contribution is -2.61. The molecule has 15 heteroatoms. The molecule has 0 spiro atoms. The quantitative estimate of drug-likeness (QED) is 0.0171. The van der Waals surface area contributed by atoms with Crippen molar-refractivity contribution in [2.24, 2.45) is 0 Å². The third-order valence-electron chi connectivity index (χ3n) is 14.1. The molecule has 0 saturated carbocycles. The highest BCUT2D eigenvalue weighted by Gasteiger charge is 2.47. The molecule has 71 heavy (non-hydrogen) atoms. The van der Waals surface area contributed by atoms with Crippen LogP contribution in [0.4, 0.5) is 0 Å². The maximum Gasteiger partial charge on any atom is 0.306 e. The first-order chi connectivity index (χ1) is 34.5. The summed E-state index contributed by atoms with van der Waals surface area (Å²) in [5.41, 5.74) is 0. The Bertz CT molecular complexity index is 1270. The summed E-state index contributed by atoms with van der Waals surface area (Å²) >= 11 is 0. The third-order valence-corrected chi connectivity index (χ3v) is 14.1. The first-order valence-corrected chi connectivity index (χ1v) is 28.7. The number of carbonyl (C=O) groups excluding carboxylic acids is 2. The molecule has 2 aliphatic heterocycles. The molecule has 2 fully saturated rings. The summed E-state index contributed by atoms with van der Waals surface area (Å²) in [4.78, 5) is 25.9. The summed E-state index contributed by atoms with van der Waals surface area (Å²) in [6, 6.07) is 0. The molecule has 4 unspecified atom stereocenters. The minimum Gasteiger partial charge on any atom is -0.462 e. The van der Waals surface area contributed by atoms with E-state index in [1.807, 2.05) is 6.08 Å². The lowest BCUT2D eigenvalue weighted by molar-refractivity contribution is -0.332. The van der Waals surface area contributed by atoms with Gasteiger partial charge in [-0.25, -0.2) is 0 Å². The first kappa shape index (κ1) is 65.4. The van der Waals surface area contributed by atoms with Crippen LogP contribution in [0.25, 0.3) is 0 Å². The fourth-order valence-electron chi connectivity index (χ4n) is 9.44. The lowest BCUT2D eigenvalue weighted by Gasteiger charge is -2.42. The maximum absolute atomic E-state index is 13.0. The number of ether oxygens (including phenoxy) is 6. The molecule has 2 aliphatic rings. The number of hydrogen-bond donors (Lipinski definition) is 7. The van der Waals surface area contributed by atoms with E-state index < -0.39 is 92.7 Å². The summed E-state index contributed by atoms with van der Waals surface area (Å²) in [6.45, 7) is 4.18. The number of allylic oxidation sites excluding steroid dienone is 1. The van der Waals surface area contributed by atoms with Crippen LogP contribution < -0.4 is 0 Å². The van der Waals surface area contributed by atoms with Crippen LogP contribution in [0.2, 0.25) is 0 Å². The van der Waals surface area contributed by atoms with E-state index in [1.165, 1.54) is 161 Å². The molecule has 15 nitrogen and oxygen atoms in total. The molecule has 0 aliphatic carbocycles. The highest BCUT2D eigenvalue weighted by atomic mass is 16.7. The van der Waals surface area contributed by atoms with Gasteiger partial charge in [0.1, 0.15) is 55.4 Å². The van der Waals surface area contributed by atoms with Gasteiger partial charge in [0.05, 0.1) is 19.8 Å². The second kappa shape index (κ2) is 43.5. The Kier molecular flexibility index (Phi) is 40.0. The van der Waals surface area contributed by atoms with E-state index in [1.54, 1.807) is 0 Å². The van der Waals surface area contributed by atoms with Crippen molar-refractivity contribution in [3.63, 3.8) is 0 Å². The minimum atomic E-state index is -1.76. The van der Waals surface area contributed by atoms with E-state index in [9.17, 15) is 45.3 Å². The third kappa shape index (κ3) is 31.0. The molecule has 0 bridgehead atoms. The molecule has 11 atom stereocenters. The van der Waals surface area contributed by atoms with Crippen LogP contribution in [0.15, 0.2) is 12.7 Å². The van der Waals surface area contributed by atoms with Crippen LogP contribution in [0.1, 0.15) is 238 Å². The molecule has 2 rings (SSSR count). The van der Waals surface area contributed by atoms with E-state index in [-0.39, 0.29) is 26.1 Å². The number of esters is 2. The highest BCUT2D eigenvalue weighted by Crippen LogP contribution is 2.27. The van der Waals surface area contributed by atoms with E-state index >= 15 is 0 Å². The SMILES string of the molecule is C=CCCCCCCCCCCCCCCCC(=O)O[C@@H](COC(=O)CCCCCCCCCCCCCCCCCCCCCC)CO[C@@H]1O[C@H](CO[C@@H]2O[C@H](CO)[C@H](O)C(O)C2O)[C@H](O)C(O)C1O. The molecular weight excluding hydrogens is 913 g/mol. The topological polar surface area (TPSA) is 231 Å². The van der Waals surface area contributed by atoms with Gasteiger partial charge in [-0.1, -0.05) is 206 Å². The van der Waals surface area contributed by atoms with E-state index in [0.29, 0.717) is 12.8 Å². The lowest BCUT2D eigenvalue weighted by atomic mass is 9.98. The fraction of sp³-hybridized carbons (Fsp3) is 0.929. The number of carbonyl (C=O) groups is 2. The minimum absolute atomic E-state index is 0.168. The number of aliphatic hydroxyl groups excluding tert-OH is 7. The van der Waals surface area contributed by atoms with Crippen LogP contribution in [0.5, 0.6) is 0 Å². The zero-order valence-electron chi connectivity index (χ0n) is 44.3. The number of aliphatic hydroxyl groups is 7. The van der Waals surface area contributed by atoms with Gasteiger partial charge in [-0.3, -0.25) is 9.59 Å². The molecular formula is C56H104O15. The Morgan fingerprint density at radius 1 is 0.465 bits per heavy atom. The van der Waals surface area contributed by atoms with E-state index in [4.69, 9.17) is 28.4 Å². The van der Waals surface area contributed by atoms with Crippen molar-refractivity contribution in [2.45, 2.75) is 306 Å². The smallest absolute Gasteiger partial charge is 0.306 e. The summed E-state index contributed by atoms with van der Waals surface area (Å²) in [6.07, 6.45) is 27.0. The molecule has 0 aromatic carbocycles. The Morgan fingerprint density at radius 3 is 1.25 bits per heavy atom. The van der Waals surface area contributed by atoms with Crippen LogP contribution in [-0.2, 0) is 38.0 Å². The van der Waals surface area contributed by atoms with Crippen molar-refractivity contribution in [2.75, 3.05) is 26.4 Å². The molecule has 2 saturated heterocycles. The average molecular weight is 1020 g/mol. The zero-order valence-corrected chi connectivity index (χ0v) is 44.3. The number of hydrogen-bond acceptors (Lipinski definition) is 15. The first-order valence-electron chi connectivity index (χ1n) is 28.7. The molecule has 2 heterocycles. The zero-order chi connectivity index (χ0) is 51.7. The van der Waals surface area contributed by atoms with Crippen LogP contribution in [0.3, 0.4) is 0 Å². The van der Waals surface area contributed by atoms with Gasteiger partial charge in [-0.05, 0) is 25.7 Å². The van der Waals surface area contributed by atoms with E-state index in [2.05, 4.69) is 13.5 Å². The van der Waals surface area contributed by atoms with Crippen molar-refractivity contribution in [3.8, 4) is 0 Å². The molecule has 418 valence electrons. The van der Waals surface area contributed by atoms with Crippen molar-refractivity contribution < 1.29 is 73.8 Å². The van der Waals surface area contributed by atoms with Gasteiger partial charge in [-0.2, -0.15) is 0 Å². The second-order valence-corrected chi connectivity index (χ2v) is 20.6. The van der Waals surface area contributed by atoms with Crippen LogP contribution >= 0.6 is 0 Å².